The molecule has 30 heavy (non-hydrogen) atoms. The van der Waals surface area contributed by atoms with Crippen molar-refractivity contribution in [2.24, 2.45) is 0 Å². The smallest absolute Gasteiger partial charge is 0.279 e. The quantitative estimate of drug-likeness (QED) is 0.676. The zero-order chi connectivity index (χ0) is 21.6. The van der Waals surface area contributed by atoms with E-state index in [-0.39, 0.29) is 10.8 Å². The van der Waals surface area contributed by atoms with E-state index in [0.717, 1.165) is 19.5 Å². The number of carbonyl (C=O) groups excluding carboxylic acids is 1. The van der Waals surface area contributed by atoms with Crippen LogP contribution in [0, 0.1) is 0 Å². The maximum atomic E-state index is 12.7. The van der Waals surface area contributed by atoms with Gasteiger partial charge < -0.3 is 10.2 Å². The average Bonchev–Trinajstić information content (AvgIpc) is 2.76. The molecule has 0 aliphatic carbocycles. The lowest BCUT2D eigenvalue weighted by atomic mass is 10.00. The molecule has 7 heteroatoms. The first-order valence-corrected chi connectivity index (χ1v) is 11.9. The van der Waals surface area contributed by atoms with E-state index in [0.29, 0.717) is 25.3 Å². The highest BCUT2D eigenvalue weighted by Gasteiger charge is 2.23. The van der Waals surface area contributed by atoms with Crippen molar-refractivity contribution in [1.29, 1.82) is 0 Å². The number of hydrogen-bond acceptors (Lipinski definition) is 3. The molecule has 0 saturated carbocycles. The Morgan fingerprint density at radius 2 is 1.80 bits per heavy atom. The molecule has 2 aromatic rings. The summed E-state index contributed by atoms with van der Waals surface area (Å²) in [5, 5.41) is 2.86. The van der Waals surface area contributed by atoms with Gasteiger partial charge in [0.15, 0.2) is 6.54 Å². The van der Waals surface area contributed by atoms with Gasteiger partial charge in [0.2, 0.25) is 10.0 Å². The summed E-state index contributed by atoms with van der Waals surface area (Å²) in [5.74, 6) is -0.112. The first kappa shape index (κ1) is 22.2. The number of rotatable bonds is 8. The number of carbonyl (C=O) groups is 1. The van der Waals surface area contributed by atoms with Gasteiger partial charge in [0.1, 0.15) is 0 Å². The SMILES string of the molecule is CCN(CC)S(=O)(=O)c1cccc(NC(=O)C[NH+]2CC=C(c3ccccc3)CC2)c1. The molecular weight excluding hydrogens is 398 g/mol. The molecule has 6 nitrogen and oxygen atoms in total. The van der Waals surface area contributed by atoms with Crippen LogP contribution >= 0.6 is 0 Å². The van der Waals surface area contributed by atoms with Gasteiger partial charge in [0.05, 0.1) is 18.0 Å². The minimum Gasteiger partial charge on any atom is -0.324 e. The third-order valence-corrected chi connectivity index (χ3v) is 7.45. The highest BCUT2D eigenvalue weighted by atomic mass is 32.2. The fourth-order valence-electron chi connectivity index (χ4n) is 3.74. The largest absolute Gasteiger partial charge is 0.324 e. The Bertz CT molecular complexity index is 999. The second-order valence-corrected chi connectivity index (χ2v) is 9.33. The van der Waals surface area contributed by atoms with Crippen molar-refractivity contribution in [2.75, 3.05) is 38.0 Å². The Morgan fingerprint density at radius 3 is 2.43 bits per heavy atom. The van der Waals surface area contributed by atoms with E-state index in [1.54, 1.807) is 18.2 Å². The van der Waals surface area contributed by atoms with Crippen LogP contribution in [0.1, 0.15) is 25.8 Å². The molecular formula is C23H30N3O3S+. The van der Waals surface area contributed by atoms with Gasteiger partial charge in [-0.15, -0.1) is 0 Å². The molecule has 1 unspecified atom stereocenters. The molecule has 0 aromatic heterocycles. The normalized spacial score (nSPS) is 16.9. The number of quaternary nitrogens is 1. The van der Waals surface area contributed by atoms with Crippen molar-refractivity contribution in [3.05, 3.63) is 66.2 Å². The number of hydrogen-bond donors (Lipinski definition) is 2. The van der Waals surface area contributed by atoms with Crippen LogP contribution in [0.4, 0.5) is 5.69 Å². The van der Waals surface area contributed by atoms with E-state index >= 15 is 0 Å². The van der Waals surface area contributed by atoms with E-state index in [9.17, 15) is 13.2 Å². The van der Waals surface area contributed by atoms with Gasteiger partial charge in [-0.2, -0.15) is 4.31 Å². The topological polar surface area (TPSA) is 70.9 Å². The van der Waals surface area contributed by atoms with Gasteiger partial charge in [0.25, 0.3) is 5.91 Å². The molecule has 0 saturated heterocycles. The molecule has 0 spiro atoms. The molecule has 0 fully saturated rings. The van der Waals surface area contributed by atoms with Crippen LogP contribution in [0.15, 0.2) is 65.6 Å². The maximum absolute atomic E-state index is 12.7. The lowest BCUT2D eigenvalue weighted by molar-refractivity contribution is -0.886. The van der Waals surface area contributed by atoms with Crippen molar-refractivity contribution >= 4 is 27.2 Å². The van der Waals surface area contributed by atoms with E-state index in [1.807, 2.05) is 32.0 Å². The molecule has 1 aliphatic rings. The van der Waals surface area contributed by atoms with Crippen LogP contribution in [-0.2, 0) is 14.8 Å². The van der Waals surface area contributed by atoms with Crippen molar-refractivity contribution < 1.29 is 18.1 Å². The molecule has 1 amide bonds. The first-order valence-electron chi connectivity index (χ1n) is 10.4. The molecule has 0 bridgehead atoms. The first-order chi connectivity index (χ1) is 14.4. The minimum absolute atomic E-state index is 0.112. The number of amides is 1. The van der Waals surface area contributed by atoms with Crippen LogP contribution < -0.4 is 10.2 Å². The fourth-order valence-corrected chi connectivity index (χ4v) is 5.24. The summed E-state index contributed by atoms with van der Waals surface area (Å²) < 4.78 is 26.8. The lowest BCUT2D eigenvalue weighted by Gasteiger charge is -2.23. The Morgan fingerprint density at radius 1 is 1.07 bits per heavy atom. The van der Waals surface area contributed by atoms with Gasteiger partial charge in [-0.3, -0.25) is 4.79 Å². The number of sulfonamides is 1. The van der Waals surface area contributed by atoms with E-state index in [4.69, 9.17) is 0 Å². The second kappa shape index (κ2) is 10.0. The zero-order valence-electron chi connectivity index (χ0n) is 17.6. The Labute approximate surface area is 179 Å². The van der Waals surface area contributed by atoms with Gasteiger partial charge >= 0.3 is 0 Å². The zero-order valence-corrected chi connectivity index (χ0v) is 18.4. The van der Waals surface area contributed by atoms with E-state index in [2.05, 4.69) is 23.5 Å². The van der Waals surface area contributed by atoms with Gasteiger partial charge in [-0.05, 0) is 35.4 Å². The highest BCUT2D eigenvalue weighted by Crippen LogP contribution is 2.20. The van der Waals surface area contributed by atoms with E-state index < -0.39 is 10.0 Å². The summed E-state index contributed by atoms with van der Waals surface area (Å²) in [6.45, 7) is 6.49. The van der Waals surface area contributed by atoms with Crippen molar-refractivity contribution in [1.82, 2.24) is 4.31 Å². The van der Waals surface area contributed by atoms with Crippen LogP contribution in [0.25, 0.3) is 5.57 Å². The molecule has 160 valence electrons. The summed E-state index contributed by atoms with van der Waals surface area (Å²) in [6, 6.07) is 16.8. The van der Waals surface area contributed by atoms with Gasteiger partial charge in [-0.25, -0.2) is 8.42 Å². The van der Waals surface area contributed by atoms with Crippen LogP contribution in [0.3, 0.4) is 0 Å². The predicted molar refractivity (Wildman–Crippen MR) is 120 cm³/mol. The highest BCUT2D eigenvalue weighted by molar-refractivity contribution is 7.89. The number of nitrogens with one attached hydrogen (secondary N) is 2. The van der Waals surface area contributed by atoms with Crippen molar-refractivity contribution in [2.45, 2.75) is 25.2 Å². The maximum Gasteiger partial charge on any atom is 0.279 e. The fraction of sp³-hybridized carbons (Fsp3) is 0.348. The lowest BCUT2D eigenvalue weighted by Crippen LogP contribution is -3.13. The molecule has 1 heterocycles. The minimum atomic E-state index is -3.55. The third-order valence-electron chi connectivity index (χ3n) is 5.40. The summed E-state index contributed by atoms with van der Waals surface area (Å²) in [4.78, 5) is 13.9. The van der Waals surface area contributed by atoms with Crippen LogP contribution in [-0.4, -0.2) is 51.4 Å². The Hall–Kier alpha value is -2.48. The summed E-state index contributed by atoms with van der Waals surface area (Å²) >= 11 is 0. The summed E-state index contributed by atoms with van der Waals surface area (Å²) in [6.07, 6.45) is 3.14. The monoisotopic (exact) mass is 428 g/mol. The number of benzene rings is 2. The predicted octanol–water partition coefficient (Wildman–Crippen LogP) is 2.03. The molecule has 1 atom stereocenters. The molecule has 3 rings (SSSR count). The van der Waals surface area contributed by atoms with Crippen molar-refractivity contribution in [3.8, 4) is 0 Å². The van der Waals surface area contributed by atoms with Gasteiger partial charge in [-0.1, -0.05) is 50.2 Å². The van der Waals surface area contributed by atoms with Crippen LogP contribution in [0.2, 0.25) is 0 Å². The molecule has 1 aliphatic heterocycles. The molecule has 0 radical (unpaired) electrons. The molecule has 2 aromatic carbocycles. The number of anilines is 1. The Kier molecular flexibility index (Phi) is 7.42. The summed E-state index contributed by atoms with van der Waals surface area (Å²) in [7, 11) is -3.55. The van der Waals surface area contributed by atoms with Crippen molar-refractivity contribution in [3.63, 3.8) is 0 Å². The number of nitrogens with zero attached hydrogens (tertiary/aromatic N) is 1. The Balaban J connectivity index is 1.60. The summed E-state index contributed by atoms with van der Waals surface area (Å²) in [5.41, 5.74) is 3.08. The van der Waals surface area contributed by atoms with Gasteiger partial charge in [0, 0.05) is 25.2 Å². The molecule has 2 N–H and O–H groups in total. The second-order valence-electron chi connectivity index (χ2n) is 7.39. The van der Waals surface area contributed by atoms with Crippen LogP contribution in [0.5, 0.6) is 0 Å². The third kappa shape index (κ3) is 5.36. The average molecular weight is 429 g/mol. The van der Waals surface area contributed by atoms with E-state index in [1.165, 1.54) is 26.4 Å². The standard InChI is InChI=1S/C23H29N3O3S/c1-3-26(4-2)30(28,29)22-12-8-11-21(17-22)24-23(27)18-25-15-13-20(14-16-25)19-9-6-5-7-10-19/h5-13,17H,3-4,14-16,18H2,1-2H3,(H,24,27)/p+1.